The minimum atomic E-state index is -0.378. The van der Waals surface area contributed by atoms with Crippen molar-refractivity contribution in [2.45, 2.75) is 20.4 Å². The first-order valence-electron chi connectivity index (χ1n) is 5.93. The van der Waals surface area contributed by atoms with Gasteiger partial charge in [-0.05, 0) is 23.6 Å². The highest BCUT2D eigenvalue weighted by Gasteiger charge is 2.12. The molecule has 0 saturated heterocycles. The van der Waals surface area contributed by atoms with Crippen molar-refractivity contribution in [2.75, 3.05) is 18.8 Å². The highest BCUT2D eigenvalue weighted by molar-refractivity contribution is 5.75. The second-order valence-electron chi connectivity index (χ2n) is 4.87. The third kappa shape index (κ3) is 4.71. The van der Waals surface area contributed by atoms with Gasteiger partial charge in [0.2, 0.25) is 5.91 Å². The molecular weight excluding hydrogens is 233 g/mol. The fourth-order valence-corrected chi connectivity index (χ4v) is 1.87. The van der Waals surface area contributed by atoms with E-state index >= 15 is 0 Å². The van der Waals surface area contributed by atoms with Crippen molar-refractivity contribution >= 4 is 11.6 Å². The van der Waals surface area contributed by atoms with Crippen LogP contribution in [0.1, 0.15) is 19.4 Å². The average molecular weight is 253 g/mol. The zero-order valence-corrected chi connectivity index (χ0v) is 10.8. The van der Waals surface area contributed by atoms with E-state index in [9.17, 15) is 9.18 Å². The Bertz CT molecular complexity index is 421. The number of amides is 1. The standard InChI is InChI=1S/C13H20FN3O/c1-9(2)6-17(8-13(16)18)7-10-3-4-11(14)5-12(10)15/h3-5,9H,6-8,15H2,1-2H3,(H2,16,18). The number of halogens is 1. The Morgan fingerprint density at radius 2 is 2.11 bits per heavy atom. The largest absolute Gasteiger partial charge is 0.398 e. The van der Waals surface area contributed by atoms with E-state index < -0.39 is 0 Å². The molecule has 0 aromatic heterocycles. The maximum absolute atomic E-state index is 12.9. The monoisotopic (exact) mass is 253 g/mol. The fraction of sp³-hybridized carbons (Fsp3) is 0.462. The SMILES string of the molecule is CC(C)CN(CC(N)=O)Cc1ccc(F)cc1N. The van der Waals surface area contributed by atoms with Gasteiger partial charge in [0, 0.05) is 18.8 Å². The van der Waals surface area contributed by atoms with Crippen molar-refractivity contribution in [1.29, 1.82) is 0 Å². The van der Waals surface area contributed by atoms with Gasteiger partial charge in [-0.2, -0.15) is 0 Å². The lowest BCUT2D eigenvalue weighted by molar-refractivity contribution is -0.119. The minimum Gasteiger partial charge on any atom is -0.398 e. The number of rotatable bonds is 6. The smallest absolute Gasteiger partial charge is 0.231 e. The molecule has 4 N–H and O–H groups in total. The minimum absolute atomic E-state index is 0.176. The fourth-order valence-electron chi connectivity index (χ4n) is 1.87. The van der Waals surface area contributed by atoms with E-state index in [1.807, 2.05) is 4.90 Å². The zero-order valence-electron chi connectivity index (χ0n) is 10.8. The number of carbonyl (C=O) groups excluding carboxylic acids is 1. The molecule has 18 heavy (non-hydrogen) atoms. The molecule has 1 rings (SSSR count). The molecule has 1 aromatic carbocycles. The maximum atomic E-state index is 12.9. The summed E-state index contributed by atoms with van der Waals surface area (Å²) in [7, 11) is 0. The van der Waals surface area contributed by atoms with Gasteiger partial charge >= 0.3 is 0 Å². The number of nitrogens with two attached hydrogens (primary N) is 2. The van der Waals surface area contributed by atoms with Gasteiger partial charge in [-0.1, -0.05) is 19.9 Å². The molecule has 0 aliphatic carbocycles. The molecule has 0 aliphatic heterocycles. The molecule has 0 unspecified atom stereocenters. The van der Waals surface area contributed by atoms with Crippen molar-refractivity contribution < 1.29 is 9.18 Å². The van der Waals surface area contributed by atoms with Crippen molar-refractivity contribution in [3.8, 4) is 0 Å². The maximum Gasteiger partial charge on any atom is 0.231 e. The Morgan fingerprint density at radius 1 is 1.44 bits per heavy atom. The molecular formula is C13H20FN3O. The van der Waals surface area contributed by atoms with Crippen LogP contribution in [-0.2, 0) is 11.3 Å². The number of nitrogens with zero attached hydrogens (tertiary/aromatic N) is 1. The predicted molar refractivity (Wildman–Crippen MR) is 70.1 cm³/mol. The summed E-state index contributed by atoms with van der Waals surface area (Å²) in [4.78, 5) is 12.9. The number of hydrogen-bond donors (Lipinski definition) is 2. The first kappa shape index (κ1) is 14.4. The molecule has 0 saturated carbocycles. The van der Waals surface area contributed by atoms with Crippen LogP contribution in [0, 0.1) is 11.7 Å². The van der Waals surface area contributed by atoms with E-state index in [2.05, 4.69) is 13.8 Å². The van der Waals surface area contributed by atoms with E-state index in [0.29, 0.717) is 18.2 Å². The third-order valence-corrected chi connectivity index (χ3v) is 2.50. The van der Waals surface area contributed by atoms with Crippen LogP contribution in [0.25, 0.3) is 0 Å². The molecule has 0 radical (unpaired) electrons. The molecule has 1 aromatic rings. The van der Waals surface area contributed by atoms with Gasteiger partial charge < -0.3 is 11.5 Å². The van der Waals surface area contributed by atoms with Crippen molar-refractivity contribution in [3.05, 3.63) is 29.6 Å². The lowest BCUT2D eigenvalue weighted by atomic mass is 10.1. The van der Waals surface area contributed by atoms with Gasteiger partial charge in [-0.15, -0.1) is 0 Å². The van der Waals surface area contributed by atoms with Crippen LogP contribution in [0.2, 0.25) is 0 Å². The van der Waals surface area contributed by atoms with Crippen LogP contribution < -0.4 is 11.5 Å². The topological polar surface area (TPSA) is 72.3 Å². The summed E-state index contributed by atoms with van der Waals surface area (Å²) < 4.78 is 12.9. The van der Waals surface area contributed by atoms with Crippen LogP contribution in [-0.4, -0.2) is 23.9 Å². The number of benzene rings is 1. The first-order valence-corrected chi connectivity index (χ1v) is 5.93. The van der Waals surface area contributed by atoms with E-state index in [1.165, 1.54) is 12.1 Å². The van der Waals surface area contributed by atoms with Crippen LogP contribution in [0.3, 0.4) is 0 Å². The second-order valence-corrected chi connectivity index (χ2v) is 4.87. The lowest BCUT2D eigenvalue weighted by Crippen LogP contribution is -2.35. The first-order chi connectivity index (χ1) is 8.38. The highest BCUT2D eigenvalue weighted by Crippen LogP contribution is 2.16. The summed E-state index contributed by atoms with van der Waals surface area (Å²) in [5.74, 6) is -0.330. The van der Waals surface area contributed by atoms with Gasteiger partial charge in [0.05, 0.1) is 6.54 Å². The van der Waals surface area contributed by atoms with Crippen molar-refractivity contribution in [1.82, 2.24) is 4.90 Å². The normalized spacial score (nSPS) is 11.2. The molecule has 5 heteroatoms. The van der Waals surface area contributed by atoms with Gasteiger partial charge in [0.1, 0.15) is 5.82 Å². The van der Waals surface area contributed by atoms with Crippen LogP contribution in [0.4, 0.5) is 10.1 Å². The summed E-state index contributed by atoms with van der Waals surface area (Å²) in [5, 5.41) is 0. The molecule has 0 bridgehead atoms. The highest BCUT2D eigenvalue weighted by atomic mass is 19.1. The van der Waals surface area contributed by atoms with E-state index in [0.717, 1.165) is 12.1 Å². The second kappa shape index (κ2) is 6.35. The molecule has 0 spiro atoms. The van der Waals surface area contributed by atoms with Gasteiger partial charge in [0.15, 0.2) is 0 Å². The Morgan fingerprint density at radius 3 is 2.61 bits per heavy atom. The van der Waals surface area contributed by atoms with Gasteiger partial charge in [-0.3, -0.25) is 9.69 Å². The van der Waals surface area contributed by atoms with Crippen LogP contribution >= 0.6 is 0 Å². The van der Waals surface area contributed by atoms with Crippen molar-refractivity contribution in [3.63, 3.8) is 0 Å². The number of primary amides is 1. The zero-order chi connectivity index (χ0) is 13.7. The van der Waals surface area contributed by atoms with E-state index in [4.69, 9.17) is 11.5 Å². The molecule has 0 fully saturated rings. The molecule has 4 nitrogen and oxygen atoms in total. The Hall–Kier alpha value is -1.62. The predicted octanol–water partition coefficient (Wildman–Crippen LogP) is 1.35. The Labute approximate surface area is 107 Å². The van der Waals surface area contributed by atoms with E-state index in [-0.39, 0.29) is 18.3 Å². The van der Waals surface area contributed by atoms with Gasteiger partial charge in [0.25, 0.3) is 0 Å². The number of nitrogen functional groups attached to an aromatic ring is 1. The molecule has 0 aliphatic rings. The third-order valence-electron chi connectivity index (χ3n) is 2.50. The van der Waals surface area contributed by atoms with Crippen LogP contribution in [0.5, 0.6) is 0 Å². The quantitative estimate of drug-likeness (QED) is 0.752. The van der Waals surface area contributed by atoms with Gasteiger partial charge in [-0.25, -0.2) is 4.39 Å². The molecule has 0 atom stereocenters. The van der Waals surface area contributed by atoms with Crippen LogP contribution in [0.15, 0.2) is 18.2 Å². The summed E-state index contributed by atoms with van der Waals surface area (Å²) in [6.45, 7) is 5.52. The van der Waals surface area contributed by atoms with Crippen molar-refractivity contribution in [2.24, 2.45) is 11.7 Å². The number of hydrogen-bond acceptors (Lipinski definition) is 3. The Kier molecular flexibility index (Phi) is 5.09. The number of anilines is 1. The summed E-state index contributed by atoms with van der Waals surface area (Å²) in [6, 6.07) is 4.29. The summed E-state index contributed by atoms with van der Waals surface area (Å²) >= 11 is 0. The molecule has 100 valence electrons. The number of carbonyl (C=O) groups is 1. The summed E-state index contributed by atoms with van der Waals surface area (Å²) in [5.41, 5.74) is 12.2. The summed E-state index contributed by atoms with van der Waals surface area (Å²) in [6.07, 6.45) is 0. The Balaban J connectivity index is 2.78. The van der Waals surface area contributed by atoms with E-state index in [1.54, 1.807) is 6.07 Å². The molecule has 1 amide bonds. The average Bonchev–Trinajstić information content (AvgIpc) is 2.20. The molecule has 0 heterocycles. The lowest BCUT2D eigenvalue weighted by Gasteiger charge is -2.23.